The van der Waals surface area contributed by atoms with Crippen molar-refractivity contribution in [2.45, 2.75) is 50.1 Å². The molecule has 0 radical (unpaired) electrons. The third kappa shape index (κ3) is 4.89. The summed E-state index contributed by atoms with van der Waals surface area (Å²) < 4.78 is 9.14. The molecule has 0 aliphatic heterocycles. The molecule has 1 amide bonds. The average molecular weight is 476 g/mol. The Balaban J connectivity index is 1.74. The Morgan fingerprint density at radius 1 is 0.912 bits per heavy atom. The molecule has 0 aliphatic rings. The van der Waals surface area contributed by atoms with Gasteiger partial charge in [-0.25, -0.2) is 4.79 Å². The molecule has 0 aliphatic carbocycles. The minimum absolute atomic E-state index is 0.0400. The molecule has 176 valence electrons. The number of anilines is 1. The minimum Gasteiger partial charge on any atom is -0.494 e. The van der Waals surface area contributed by atoms with Crippen molar-refractivity contribution in [2.24, 2.45) is 0 Å². The van der Waals surface area contributed by atoms with Crippen LogP contribution in [0, 0.1) is 0 Å². The van der Waals surface area contributed by atoms with E-state index in [1.165, 1.54) is 0 Å². The lowest BCUT2D eigenvalue weighted by atomic mass is 10.2. The van der Waals surface area contributed by atoms with Gasteiger partial charge in [-0.1, -0.05) is 36.9 Å². The maximum absolute atomic E-state index is 13.1. The number of fused-ring (bicyclic) bond motifs is 1. The first-order valence-electron chi connectivity index (χ1n) is 11.6. The SMILES string of the molecule is CCCOc1ccc(C(=O)Nc2cc3c(cc2Sc2ccccc2)n(CC)c(=O)n3CC)cc1. The fraction of sp³-hybridized carbons (Fsp3) is 0.259. The molecule has 0 atom stereocenters. The van der Waals surface area contributed by atoms with Gasteiger partial charge in [0.2, 0.25) is 0 Å². The molecule has 4 rings (SSSR count). The van der Waals surface area contributed by atoms with Gasteiger partial charge in [-0.2, -0.15) is 0 Å². The van der Waals surface area contributed by atoms with E-state index in [4.69, 9.17) is 4.74 Å². The number of nitrogens with one attached hydrogen (secondary N) is 1. The maximum atomic E-state index is 13.1. The quantitative estimate of drug-likeness (QED) is 0.321. The predicted molar refractivity (Wildman–Crippen MR) is 138 cm³/mol. The monoisotopic (exact) mass is 475 g/mol. The normalized spacial score (nSPS) is 11.0. The summed E-state index contributed by atoms with van der Waals surface area (Å²) in [6, 6.07) is 21.0. The number of carbonyl (C=O) groups is 1. The smallest absolute Gasteiger partial charge is 0.329 e. The number of aromatic nitrogens is 2. The number of imidazole rings is 1. The highest BCUT2D eigenvalue weighted by molar-refractivity contribution is 7.99. The van der Waals surface area contributed by atoms with Crippen molar-refractivity contribution < 1.29 is 9.53 Å². The lowest BCUT2D eigenvalue weighted by Crippen LogP contribution is -2.23. The molecule has 0 unspecified atom stereocenters. The van der Waals surface area contributed by atoms with Gasteiger partial charge >= 0.3 is 5.69 Å². The fourth-order valence-corrected chi connectivity index (χ4v) is 4.81. The summed E-state index contributed by atoms with van der Waals surface area (Å²) in [4.78, 5) is 28.0. The van der Waals surface area contributed by atoms with E-state index in [0.29, 0.717) is 30.9 Å². The van der Waals surface area contributed by atoms with E-state index in [2.05, 4.69) is 12.2 Å². The van der Waals surface area contributed by atoms with Gasteiger partial charge in [0, 0.05) is 28.4 Å². The molecule has 0 saturated carbocycles. The largest absolute Gasteiger partial charge is 0.494 e. The lowest BCUT2D eigenvalue weighted by Gasteiger charge is -2.13. The zero-order valence-corrected chi connectivity index (χ0v) is 20.5. The number of hydrogen-bond donors (Lipinski definition) is 1. The number of amides is 1. The molecule has 0 saturated heterocycles. The van der Waals surface area contributed by atoms with Crippen molar-refractivity contribution in [1.29, 1.82) is 0 Å². The Kier molecular flexibility index (Phi) is 7.43. The predicted octanol–water partition coefficient (Wildman–Crippen LogP) is 6.04. The van der Waals surface area contributed by atoms with E-state index in [-0.39, 0.29) is 11.6 Å². The van der Waals surface area contributed by atoms with Gasteiger partial charge in [-0.3, -0.25) is 13.9 Å². The number of rotatable bonds is 9. The topological polar surface area (TPSA) is 65.3 Å². The highest BCUT2D eigenvalue weighted by Gasteiger charge is 2.17. The minimum atomic E-state index is -0.211. The summed E-state index contributed by atoms with van der Waals surface area (Å²) in [6.07, 6.45) is 0.926. The Labute approximate surface area is 203 Å². The first-order valence-corrected chi connectivity index (χ1v) is 12.4. The second-order valence-corrected chi connectivity index (χ2v) is 8.97. The maximum Gasteiger partial charge on any atom is 0.329 e. The van der Waals surface area contributed by atoms with Crippen molar-refractivity contribution in [3.63, 3.8) is 0 Å². The van der Waals surface area contributed by atoms with Gasteiger partial charge in [-0.15, -0.1) is 0 Å². The van der Waals surface area contributed by atoms with Crippen molar-refractivity contribution in [1.82, 2.24) is 9.13 Å². The molecule has 3 aromatic carbocycles. The molecular weight excluding hydrogens is 446 g/mol. The first-order chi connectivity index (χ1) is 16.5. The van der Waals surface area contributed by atoms with Gasteiger partial charge in [0.15, 0.2) is 0 Å². The number of nitrogens with zero attached hydrogens (tertiary/aromatic N) is 2. The van der Waals surface area contributed by atoms with Gasteiger partial charge < -0.3 is 10.1 Å². The Hall–Kier alpha value is -3.45. The molecule has 0 fully saturated rings. The summed E-state index contributed by atoms with van der Waals surface area (Å²) in [5, 5.41) is 3.07. The summed E-state index contributed by atoms with van der Waals surface area (Å²) >= 11 is 1.56. The van der Waals surface area contributed by atoms with Crippen molar-refractivity contribution in [3.05, 3.63) is 82.8 Å². The van der Waals surface area contributed by atoms with Crippen LogP contribution in [0.15, 0.2) is 81.3 Å². The molecule has 1 aromatic heterocycles. The lowest BCUT2D eigenvalue weighted by molar-refractivity contribution is 0.102. The standard InChI is InChI=1S/C27H29N3O3S/c1-4-16-33-20-14-12-19(13-15-20)26(31)28-22-17-23-24(30(6-3)27(32)29(23)5-2)18-25(22)34-21-10-8-7-9-11-21/h7-15,17-18H,4-6,16H2,1-3H3,(H,28,31). The van der Waals surface area contributed by atoms with Crippen LogP contribution in [-0.4, -0.2) is 21.6 Å². The van der Waals surface area contributed by atoms with E-state index < -0.39 is 0 Å². The van der Waals surface area contributed by atoms with Gasteiger partial charge in [0.1, 0.15) is 5.75 Å². The van der Waals surface area contributed by atoms with Crippen LogP contribution < -0.4 is 15.7 Å². The van der Waals surface area contributed by atoms with E-state index >= 15 is 0 Å². The van der Waals surface area contributed by atoms with Crippen LogP contribution >= 0.6 is 11.8 Å². The Bertz CT molecular complexity index is 1340. The summed E-state index contributed by atoms with van der Waals surface area (Å²) in [7, 11) is 0. The number of benzene rings is 3. The second kappa shape index (κ2) is 10.7. The van der Waals surface area contributed by atoms with Crippen LogP contribution in [0.5, 0.6) is 5.75 Å². The molecule has 1 heterocycles. The van der Waals surface area contributed by atoms with Crippen LogP contribution in [0.2, 0.25) is 0 Å². The van der Waals surface area contributed by atoms with E-state index in [0.717, 1.165) is 33.0 Å². The zero-order valence-electron chi connectivity index (χ0n) is 19.7. The second-order valence-electron chi connectivity index (χ2n) is 7.85. The third-order valence-electron chi connectivity index (χ3n) is 5.56. The molecule has 1 N–H and O–H groups in total. The zero-order chi connectivity index (χ0) is 24.1. The van der Waals surface area contributed by atoms with Crippen LogP contribution in [0.3, 0.4) is 0 Å². The summed E-state index contributed by atoms with van der Waals surface area (Å²) in [6.45, 7) is 7.75. The summed E-state index contributed by atoms with van der Waals surface area (Å²) in [5.74, 6) is 0.532. The van der Waals surface area contributed by atoms with Gasteiger partial charge in [-0.05, 0) is 68.8 Å². The van der Waals surface area contributed by atoms with E-state index in [1.54, 1.807) is 33.0 Å². The molecule has 0 spiro atoms. The van der Waals surface area contributed by atoms with Crippen LogP contribution in [-0.2, 0) is 13.1 Å². The fourth-order valence-electron chi connectivity index (χ4n) is 3.87. The highest BCUT2D eigenvalue weighted by Crippen LogP contribution is 2.36. The van der Waals surface area contributed by atoms with Crippen molar-refractivity contribution in [3.8, 4) is 5.75 Å². The third-order valence-corrected chi connectivity index (χ3v) is 6.63. The van der Waals surface area contributed by atoms with E-state index in [9.17, 15) is 9.59 Å². The first kappa shape index (κ1) is 23.7. The molecule has 4 aromatic rings. The Morgan fingerprint density at radius 3 is 2.18 bits per heavy atom. The number of aryl methyl sites for hydroxylation is 2. The highest BCUT2D eigenvalue weighted by atomic mass is 32.2. The van der Waals surface area contributed by atoms with Gasteiger partial charge in [0.05, 0.1) is 23.3 Å². The molecular formula is C27H29N3O3S. The van der Waals surface area contributed by atoms with Crippen molar-refractivity contribution >= 4 is 34.4 Å². The van der Waals surface area contributed by atoms with Crippen LogP contribution in [0.1, 0.15) is 37.6 Å². The Morgan fingerprint density at radius 2 is 1.56 bits per heavy atom. The number of hydrogen-bond acceptors (Lipinski definition) is 4. The molecule has 6 nitrogen and oxygen atoms in total. The van der Waals surface area contributed by atoms with Crippen molar-refractivity contribution in [2.75, 3.05) is 11.9 Å². The van der Waals surface area contributed by atoms with Gasteiger partial charge in [0.25, 0.3) is 5.91 Å². The number of ether oxygens (including phenoxy) is 1. The average Bonchev–Trinajstić information content (AvgIpc) is 3.12. The summed E-state index contributed by atoms with van der Waals surface area (Å²) in [5.41, 5.74) is 2.85. The molecule has 7 heteroatoms. The van der Waals surface area contributed by atoms with E-state index in [1.807, 2.05) is 68.4 Å². The number of carbonyl (C=O) groups excluding carboxylic acids is 1. The molecule has 34 heavy (non-hydrogen) atoms. The molecule has 0 bridgehead atoms. The van der Waals surface area contributed by atoms with Crippen LogP contribution in [0.25, 0.3) is 11.0 Å². The van der Waals surface area contributed by atoms with Crippen LogP contribution in [0.4, 0.5) is 5.69 Å².